The Morgan fingerprint density at radius 2 is 2.05 bits per heavy atom. The topological polar surface area (TPSA) is 63.1 Å². The molecule has 3 rings (SSSR count). The van der Waals surface area contributed by atoms with Crippen LogP contribution >= 0.6 is 11.6 Å². The van der Waals surface area contributed by atoms with Gasteiger partial charge in [-0.25, -0.2) is 4.68 Å². The lowest BCUT2D eigenvalue weighted by molar-refractivity contribution is -0.117. The standard InChI is InChI=1S/C15H14ClN5O/c1-20-15-8-11(2-7-14(15)17-19-20)9-21(10-22)18-13-5-3-12(16)4-6-13/h2-8,10,18H,9H2,1H3. The van der Waals surface area contributed by atoms with Crippen LogP contribution in [-0.2, 0) is 18.4 Å². The molecule has 0 saturated heterocycles. The van der Waals surface area contributed by atoms with Gasteiger partial charge in [0.25, 0.3) is 0 Å². The average molecular weight is 316 g/mol. The van der Waals surface area contributed by atoms with E-state index in [2.05, 4.69) is 15.7 Å². The zero-order valence-electron chi connectivity index (χ0n) is 11.9. The number of hydrazine groups is 1. The molecule has 0 spiro atoms. The number of halogens is 1. The van der Waals surface area contributed by atoms with Crippen LogP contribution in [0.25, 0.3) is 11.0 Å². The number of rotatable bonds is 5. The van der Waals surface area contributed by atoms with E-state index in [1.165, 1.54) is 5.01 Å². The molecule has 0 unspecified atom stereocenters. The smallest absolute Gasteiger partial charge is 0.228 e. The fourth-order valence-electron chi connectivity index (χ4n) is 2.16. The van der Waals surface area contributed by atoms with E-state index in [4.69, 9.17) is 11.6 Å². The van der Waals surface area contributed by atoms with Crippen LogP contribution in [0.3, 0.4) is 0 Å². The van der Waals surface area contributed by atoms with Gasteiger partial charge < -0.3 is 0 Å². The summed E-state index contributed by atoms with van der Waals surface area (Å²) in [7, 11) is 1.84. The Kier molecular flexibility index (Phi) is 3.93. The monoisotopic (exact) mass is 315 g/mol. The summed E-state index contributed by atoms with van der Waals surface area (Å²) in [5.41, 5.74) is 6.55. The number of hydrogen-bond acceptors (Lipinski definition) is 4. The maximum atomic E-state index is 11.3. The third-order valence-corrected chi connectivity index (χ3v) is 3.52. The van der Waals surface area contributed by atoms with Crippen LogP contribution in [0.5, 0.6) is 0 Å². The number of aryl methyl sites for hydroxylation is 1. The molecule has 0 radical (unpaired) electrons. The largest absolute Gasteiger partial charge is 0.296 e. The van der Waals surface area contributed by atoms with Gasteiger partial charge >= 0.3 is 0 Å². The second-order valence-corrected chi connectivity index (χ2v) is 5.32. The Balaban J connectivity index is 1.77. The first-order chi connectivity index (χ1) is 10.7. The second kappa shape index (κ2) is 6.03. The van der Waals surface area contributed by atoms with Gasteiger partial charge in [0.05, 0.1) is 17.7 Å². The van der Waals surface area contributed by atoms with Crippen molar-refractivity contribution in [3.8, 4) is 0 Å². The molecule has 1 aromatic heterocycles. The number of carbonyl (C=O) groups is 1. The molecule has 22 heavy (non-hydrogen) atoms. The van der Waals surface area contributed by atoms with Gasteiger partial charge in [0.2, 0.25) is 6.41 Å². The molecule has 7 heteroatoms. The van der Waals surface area contributed by atoms with Crippen molar-refractivity contribution >= 4 is 34.7 Å². The lowest BCUT2D eigenvalue weighted by atomic mass is 10.2. The summed E-state index contributed by atoms with van der Waals surface area (Å²) in [6.07, 6.45) is 0.750. The summed E-state index contributed by atoms with van der Waals surface area (Å²) in [5, 5.41) is 10.1. The minimum atomic E-state index is 0.424. The molecule has 0 fully saturated rings. The van der Waals surface area contributed by atoms with E-state index in [0.29, 0.717) is 11.6 Å². The van der Waals surface area contributed by atoms with E-state index in [1.54, 1.807) is 16.8 Å². The van der Waals surface area contributed by atoms with Crippen LogP contribution < -0.4 is 5.43 Å². The van der Waals surface area contributed by atoms with Crippen molar-refractivity contribution < 1.29 is 4.79 Å². The number of nitrogens with one attached hydrogen (secondary N) is 1. The fourth-order valence-corrected chi connectivity index (χ4v) is 2.29. The van der Waals surface area contributed by atoms with Crippen LogP contribution in [0.15, 0.2) is 42.5 Å². The number of nitrogens with zero attached hydrogens (tertiary/aromatic N) is 4. The summed E-state index contributed by atoms with van der Waals surface area (Å²) < 4.78 is 1.71. The SMILES string of the molecule is Cn1nnc2ccc(CN(C=O)Nc3ccc(Cl)cc3)cc21. The molecular weight excluding hydrogens is 302 g/mol. The highest BCUT2D eigenvalue weighted by atomic mass is 35.5. The summed E-state index contributed by atoms with van der Waals surface area (Å²) in [6.45, 7) is 0.424. The minimum absolute atomic E-state index is 0.424. The van der Waals surface area contributed by atoms with Crippen LogP contribution in [0.1, 0.15) is 5.56 Å². The number of aromatic nitrogens is 3. The van der Waals surface area contributed by atoms with Gasteiger partial charge in [-0.15, -0.1) is 5.10 Å². The van der Waals surface area contributed by atoms with Crippen LogP contribution in [0.2, 0.25) is 5.02 Å². The van der Waals surface area contributed by atoms with E-state index in [9.17, 15) is 4.79 Å². The van der Waals surface area contributed by atoms with Gasteiger partial charge in [0, 0.05) is 12.1 Å². The third-order valence-electron chi connectivity index (χ3n) is 3.27. The Morgan fingerprint density at radius 1 is 1.27 bits per heavy atom. The molecule has 0 bridgehead atoms. The minimum Gasteiger partial charge on any atom is -0.296 e. The van der Waals surface area contributed by atoms with Gasteiger partial charge in [0.15, 0.2) is 0 Å². The molecule has 0 atom stereocenters. The first-order valence-corrected chi connectivity index (χ1v) is 7.06. The van der Waals surface area contributed by atoms with E-state index in [1.807, 2.05) is 37.4 Å². The molecule has 1 heterocycles. The molecule has 3 aromatic rings. The predicted molar refractivity (Wildman–Crippen MR) is 85.2 cm³/mol. The Bertz CT molecular complexity index is 799. The van der Waals surface area contributed by atoms with Crippen molar-refractivity contribution in [1.82, 2.24) is 20.0 Å². The molecule has 0 aliphatic heterocycles. The molecule has 0 aliphatic carbocycles. The number of hydrogen-bond donors (Lipinski definition) is 1. The Hall–Kier alpha value is -2.60. The Morgan fingerprint density at radius 3 is 2.77 bits per heavy atom. The van der Waals surface area contributed by atoms with Crippen molar-refractivity contribution in [1.29, 1.82) is 0 Å². The molecule has 6 nitrogen and oxygen atoms in total. The summed E-state index contributed by atoms with van der Waals surface area (Å²) >= 11 is 5.85. The number of benzene rings is 2. The lowest BCUT2D eigenvalue weighted by Gasteiger charge is -2.19. The highest BCUT2D eigenvalue weighted by molar-refractivity contribution is 6.30. The molecule has 0 aliphatic rings. The van der Waals surface area contributed by atoms with Crippen molar-refractivity contribution in [2.75, 3.05) is 5.43 Å². The molecular formula is C15H14ClN5O. The van der Waals surface area contributed by atoms with Crippen molar-refractivity contribution in [2.24, 2.45) is 7.05 Å². The van der Waals surface area contributed by atoms with Gasteiger partial charge in [-0.1, -0.05) is 22.9 Å². The number of carbonyl (C=O) groups excluding carboxylic acids is 1. The van der Waals surface area contributed by atoms with Crippen molar-refractivity contribution in [3.63, 3.8) is 0 Å². The first-order valence-electron chi connectivity index (χ1n) is 6.68. The van der Waals surface area contributed by atoms with E-state index < -0.39 is 0 Å². The molecule has 1 amide bonds. The summed E-state index contributed by atoms with van der Waals surface area (Å²) in [6, 6.07) is 12.9. The first kappa shape index (κ1) is 14.3. The van der Waals surface area contributed by atoms with E-state index in [-0.39, 0.29) is 0 Å². The Labute approximate surface area is 132 Å². The fraction of sp³-hybridized carbons (Fsp3) is 0.133. The number of fused-ring (bicyclic) bond motifs is 1. The van der Waals surface area contributed by atoms with Gasteiger partial charge in [0.1, 0.15) is 5.52 Å². The molecule has 1 N–H and O–H groups in total. The summed E-state index contributed by atoms with van der Waals surface area (Å²) in [5.74, 6) is 0. The van der Waals surface area contributed by atoms with Crippen molar-refractivity contribution in [2.45, 2.75) is 6.54 Å². The van der Waals surface area contributed by atoms with Crippen molar-refractivity contribution in [3.05, 3.63) is 53.1 Å². The zero-order chi connectivity index (χ0) is 15.5. The van der Waals surface area contributed by atoms with Crippen LogP contribution in [0, 0.1) is 0 Å². The highest BCUT2D eigenvalue weighted by Gasteiger charge is 2.07. The average Bonchev–Trinajstić information content (AvgIpc) is 2.90. The van der Waals surface area contributed by atoms with E-state index in [0.717, 1.165) is 28.7 Å². The number of amides is 1. The molecule has 0 saturated carbocycles. The van der Waals surface area contributed by atoms with Gasteiger partial charge in [-0.3, -0.25) is 15.2 Å². The van der Waals surface area contributed by atoms with Crippen LogP contribution in [0.4, 0.5) is 5.69 Å². The van der Waals surface area contributed by atoms with E-state index >= 15 is 0 Å². The predicted octanol–water partition coefficient (Wildman–Crippen LogP) is 2.61. The lowest BCUT2D eigenvalue weighted by Crippen LogP contribution is -2.27. The second-order valence-electron chi connectivity index (χ2n) is 4.89. The van der Waals surface area contributed by atoms with Gasteiger partial charge in [-0.05, 0) is 42.0 Å². The summed E-state index contributed by atoms with van der Waals surface area (Å²) in [4.78, 5) is 11.3. The van der Waals surface area contributed by atoms with Gasteiger partial charge in [-0.2, -0.15) is 0 Å². The molecule has 112 valence electrons. The highest BCUT2D eigenvalue weighted by Crippen LogP contribution is 2.16. The third kappa shape index (κ3) is 3.01. The zero-order valence-corrected chi connectivity index (χ0v) is 12.7. The van der Waals surface area contributed by atoms with Crippen LogP contribution in [-0.4, -0.2) is 26.4 Å². The maximum Gasteiger partial charge on any atom is 0.228 e. The number of anilines is 1. The maximum absolute atomic E-state index is 11.3. The quantitative estimate of drug-likeness (QED) is 0.580. The normalized spacial score (nSPS) is 10.6. The molecule has 2 aromatic carbocycles.